The van der Waals surface area contributed by atoms with Crippen LogP contribution in [0.4, 0.5) is 8.78 Å². The van der Waals surface area contributed by atoms with E-state index in [-0.39, 0.29) is 23.8 Å². The van der Waals surface area contributed by atoms with E-state index in [0.29, 0.717) is 18.6 Å². The van der Waals surface area contributed by atoms with Crippen molar-refractivity contribution < 1.29 is 18.3 Å². The largest absolute Gasteiger partial charge is 0.466 e. The van der Waals surface area contributed by atoms with E-state index in [4.69, 9.17) is 4.74 Å². The summed E-state index contributed by atoms with van der Waals surface area (Å²) in [5, 5.41) is 0. The molecule has 3 atom stereocenters. The maximum atomic E-state index is 15.1. The van der Waals surface area contributed by atoms with Crippen LogP contribution in [0.1, 0.15) is 108 Å². The Labute approximate surface area is 211 Å². The highest BCUT2D eigenvalue weighted by atomic mass is 19.1. The average Bonchev–Trinajstić information content (AvgIpc) is 2.85. The van der Waals surface area contributed by atoms with E-state index in [2.05, 4.69) is 4.90 Å². The molecule has 0 aromatic heterocycles. The molecule has 3 nitrogen and oxygen atoms in total. The standard InChI is InChI=1S/C30H45F2NO2/c1-2-35-30(34)18-24-13-16-29(27(17-24)26-15-14-25(31)19-28(26)32)33(20-22-9-5-3-6-10-22)21-23-11-7-4-8-12-23/h14-15,19,22-24,27,29H,2-13,16-18,20-21H2,1H3/t24-,27+,29-/m1/s1. The molecular weight excluding hydrogens is 444 g/mol. The zero-order valence-corrected chi connectivity index (χ0v) is 21.7. The van der Waals surface area contributed by atoms with E-state index < -0.39 is 11.6 Å². The summed E-state index contributed by atoms with van der Waals surface area (Å²) >= 11 is 0. The Morgan fingerprint density at radius 2 is 1.51 bits per heavy atom. The van der Waals surface area contributed by atoms with Gasteiger partial charge in [-0.15, -0.1) is 0 Å². The van der Waals surface area contributed by atoms with Gasteiger partial charge in [0, 0.05) is 37.5 Å². The smallest absolute Gasteiger partial charge is 0.306 e. The number of carbonyl (C=O) groups is 1. The predicted octanol–water partition coefficient (Wildman–Crippen LogP) is 7.63. The Balaban J connectivity index is 1.57. The number of hydrogen-bond donors (Lipinski definition) is 0. The van der Waals surface area contributed by atoms with E-state index in [0.717, 1.165) is 50.3 Å². The minimum Gasteiger partial charge on any atom is -0.466 e. The van der Waals surface area contributed by atoms with Crippen molar-refractivity contribution in [1.82, 2.24) is 4.90 Å². The summed E-state index contributed by atoms with van der Waals surface area (Å²) in [4.78, 5) is 15.0. The van der Waals surface area contributed by atoms with Crippen LogP contribution in [0.15, 0.2) is 18.2 Å². The zero-order valence-electron chi connectivity index (χ0n) is 21.7. The third-order valence-electron chi connectivity index (χ3n) is 8.95. The van der Waals surface area contributed by atoms with Crippen molar-refractivity contribution in [2.45, 2.75) is 109 Å². The van der Waals surface area contributed by atoms with Crippen molar-refractivity contribution >= 4 is 5.97 Å². The first-order valence-corrected chi connectivity index (χ1v) is 14.4. The minimum atomic E-state index is -0.525. The molecule has 3 aliphatic carbocycles. The van der Waals surface area contributed by atoms with E-state index >= 15 is 4.39 Å². The number of ether oxygens (including phenoxy) is 1. The number of esters is 1. The zero-order chi connectivity index (χ0) is 24.6. The lowest BCUT2D eigenvalue weighted by atomic mass is 9.72. The summed E-state index contributed by atoms with van der Waals surface area (Å²) in [5.41, 5.74) is 0.627. The van der Waals surface area contributed by atoms with Gasteiger partial charge < -0.3 is 4.74 Å². The number of nitrogens with zero attached hydrogens (tertiary/aromatic N) is 1. The summed E-state index contributed by atoms with van der Waals surface area (Å²) in [7, 11) is 0. The van der Waals surface area contributed by atoms with Crippen LogP contribution in [0, 0.1) is 29.4 Å². The van der Waals surface area contributed by atoms with E-state index in [9.17, 15) is 9.18 Å². The molecule has 4 rings (SSSR count). The summed E-state index contributed by atoms with van der Waals surface area (Å²) in [6, 6.07) is 4.34. The molecular formula is C30H45F2NO2. The van der Waals surface area contributed by atoms with Crippen LogP contribution in [-0.4, -0.2) is 36.6 Å². The Morgan fingerprint density at radius 1 is 0.886 bits per heavy atom. The van der Waals surface area contributed by atoms with Gasteiger partial charge in [-0.3, -0.25) is 9.69 Å². The molecule has 0 saturated heterocycles. The van der Waals surface area contributed by atoms with Crippen molar-refractivity contribution in [3.8, 4) is 0 Å². The van der Waals surface area contributed by atoms with Crippen LogP contribution >= 0.6 is 0 Å². The summed E-state index contributed by atoms with van der Waals surface area (Å²) in [6.45, 7) is 4.42. The molecule has 0 spiro atoms. The highest BCUT2D eigenvalue weighted by Gasteiger charge is 2.38. The van der Waals surface area contributed by atoms with Crippen LogP contribution in [0.25, 0.3) is 0 Å². The van der Waals surface area contributed by atoms with Crippen LogP contribution < -0.4 is 0 Å². The number of hydrogen-bond acceptors (Lipinski definition) is 3. The fourth-order valence-corrected chi connectivity index (χ4v) is 7.20. The molecule has 0 radical (unpaired) electrons. The van der Waals surface area contributed by atoms with Gasteiger partial charge in [0.1, 0.15) is 11.6 Å². The maximum Gasteiger partial charge on any atom is 0.306 e. The van der Waals surface area contributed by atoms with Crippen molar-refractivity contribution in [2.24, 2.45) is 17.8 Å². The highest BCUT2D eigenvalue weighted by molar-refractivity contribution is 5.69. The molecule has 0 unspecified atom stereocenters. The fourth-order valence-electron chi connectivity index (χ4n) is 7.20. The molecule has 35 heavy (non-hydrogen) atoms. The molecule has 1 aromatic carbocycles. The number of carbonyl (C=O) groups excluding carboxylic acids is 1. The van der Waals surface area contributed by atoms with Gasteiger partial charge in [0.05, 0.1) is 6.61 Å². The van der Waals surface area contributed by atoms with E-state index in [1.807, 2.05) is 6.92 Å². The van der Waals surface area contributed by atoms with E-state index in [1.165, 1.54) is 70.3 Å². The number of halogens is 2. The predicted molar refractivity (Wildman–Crippen MR) is 136 cm³/mol. The molecule has 3 fully saturated rings. The quantitative estimate of drug-likeness (QED) is 0.334. The first-order chi connectivity index (χ1) is 17.0. The summed E-state index contributed by atoms with van der Waals surface area (Å²) in [5.74, 6) is 0.499. The second-order valence-electron chi connectivity index (χ2n) is 11.5. The molecule has 0 N–H and O–H groups in total. The molecule has 0 heterocycles. The molecule has 0 aliphatic heterocycles. The topological polar surface area (TPSA) is 29.5 Å². The normalized spacial score (nSPS) is 26.7. The first kappa shape index (κ1) is 26.6. The number of benzene rings is 1. The van der Waals surface area contributed by atoms with Crippen LogP contribution in [-0.2, 0) is 9.53 Å². The van der Waals surface area contributed by atoms with Crippen LogP contribution in [0.5, 0.6) is 0 Å². The molecule has 1 aromatic rings. The average molecular weight is 490 g/mol. The van der Waals surface area contributed by atoms with E-state index in [1.54, 1.807) is 6.07 Å². The molecule has 0 bridgehead atoms. The molecule has 5 heteroatoms. The van der Waals surface area contributed by atoms with Gasteiger partial charge in [-0.2, -0.15) is 0 Å². The Morgan fingerprint density at radius 3 is 2.09 bits per heavy atom. The van der Waals surface area contributed by atoms with Crippen molar-refractivity contribution in [3.63, 3.8) is 0 Å². The first-order valence-electron chi connectivity index (χ1n) is 14.4. The lowest BCUT2D eigenvalue weighted by Gasteiger charge is -2.46. The Hall–Kier alpha value is -1.49. The van der Waals surface area contributed by atoms with Gasteiger partial charge in [-0.1, -0.05) is 44.6 Å². The highest BCUT2D eigenvalue weighted by Crippen LogP contribution is 2.43. The van der Waals surface area contributed by atoms with Crippen molar-refractivity contribution in [1.29, 1.82) is 0 Å². The van der Waals surface area contributed by atoms with Crippen molar-refractivity contribution in [3.05, 3.63) is 35.4 Å². The van der Waals surface area contributed by atoms with Gasteiger partial charge in [0.15, 0.2) is 0 Å². The summed E-state index contributed by atoms with van der Waals surface area (Å²) in [6.07, 6.45) is 16.3. The van der Waals surface area contributed by atoms with Gasteiger partial charge in [0.25, 0.3) is 0 Å². The lowest BCUT2D eigenvalue weighted by molar-refractivity contribution is -0.144. The van der Waals surface area contributed by atoms with Gasteiger partial charge >= 0.3 is 5.97 Å². The van der Waals surface area contributed by atoms with Gasteiger partial charge in [-0.05, 0) is 81.3 Å². The SMILES string of the molecule is CCOC(=O)C[C@@H]1CC[C@@H](N(CC2CCCCC2)CC2CCCCC2)[C@H](c2ccc(F)cc2F)C1. The van der Waals surface area contributed by atoms with Crippen molar-refractivity contribution in [2.75, 3.05) is 19.7 Å². The summed E-state index contributed by atoms with van der Waals surface area (Å²) < 4.78 is 34.2. The molecule has 0 amide bonds. The third kappa shape index (κ3) is 7.50. The Bertz CT molecular complexity index is 784. The minimum absolute atomic E-state index is 0.0176. The lowest BCUT2D eigenvalue weighted by Crippen LogP contribution is -2.48. The monoisotopic (exact) mass is 489 g/mol. The van der Waals surface area contributed by atoms with Gasteiger partial charge in [-0.25, -0.2) is 8.78 Å². The molecule has 196 valence electrons. The fraction of sp³-hybridized carbons (Fsp3) is 0.767. The third-order valence-corrected chi connectivity index (χ3v) is 8.95. The second-order valence-corrected chi connectivity index (χ2v) is 11.5. The van der Waals surface area contributed by atoms with Gasteiger partial charge in [0.2, 0.25) is 0 Å². The van der Waals surface area contributed by atoms with Crippen LogP contribution in [0.2, 0.25) is 0 Å². The maximum absolute atomic E-state index is 15.1. The Kier molecular flexibility index (Phi) is 10.00. The molecule has 3 saturated carbocycles. The van der Waals surface area contributed by atoms with Crippen LogP contribution in [0.3, 0.4) is 0 Å². The molecule has 3 aliphatic rings. The second kappa shape index (κ2) is 13.2. The number of rotatable bonds is 9.